The molecule has 0 amide bonds. The van der Waals surface area contributed by atoms with E-state index >= 15 is 17.6 Å². The molecule has 14 heteroatoms. The van der Waals surface area contributed by atoms with Gasteiger partial charge in [-0.3, -0.25) is 0 Å². The third-order valence-electron chi connectivity index (χ3n) is 7.44. The van der Waals surface area contributed by atoms with Crippen molar-refractivity contribution in [3.05, 3.63) is 137 Å². The first-order valence-electron chi connectivity index (χ1n) is 12.3. The van der Waals surface area contributed by atoms with E-state index in [1.165, 1.54) is 12.1 Å². The van der Waals surface area contributed by atoms with Gasteiger partial charge in [0.15, 0.2) is 52.2 Å². The standard InChI is InChI=1S/C32H6F8N6/c1-44-31-15(32(45-2)46-3)5-14-22(25-27(37)17(33)6-18(34)28(25)38)21-13(4-12(16(21)10-43)11(8-41)9-42)23(24(14)31)26-29(39)19(35)7-20(36)30(26)40/h6-7H,4-5H2. The lowest BCUT2D eigenvalue weighted by atomic mass is 9.86. The lowest BCUT2D eigenvalue weighted by Gasteiger charge is -2.19. The van der Waals surface area contributed by atoms with E-state index in [1.54, 1.807) is 6.07 Å². The van der Waals surface area contributed by atoms with E-state index in [9.17, 15) is 33.3 Å². The lowest BCUT2D eigenvalue weighted by molar-refractivity contribution is 0.457. The summed E-state index contributed by atoms with van der Waals surface area (Å²) in [6.07, 6.45) is -1.67. The van der Waals surface area contributed by atoms with Crippen molar-refractivity contribution in [2.45, 2.75) is 12.8 Å². The summed E-state index contributed by atoms with van der Waals surface area (Å²) >= 11 is 0. The first-order valence-corrected chi connectivity index (χ1v) is 12.3. The Hall–Kier alpha value is -6.74. The highest BCUT2D eigenvalue weighted by Gasteiger charge is 2.39. The van der Waals surface area contributed by atoms with Crippen molar-refractivity contribution in [3.8, 4) is 40.5 Å². The largest absolute Gasteiger partial charge is 0.512 e. The molecule has 0 spiro atoms. The Kier molecular flexibility index (Phi) is 7.39. The van der Waals surface area contributed by atoms with Gasteiger partial charge in [0.2, 0.25) is 0 Å². The molecular weight excluding hydrogens is 620 g/mol. The monoisotopic (exact) mass is 626 g/mol. The number of benzene rings is 3. The van der Waals surface area contributed by atoms with E-state index in [1.807, 2.05) is 0 Å². The fraction of sp³-hybridized carbons (Fsp3) is 0.0625. The highest BCUT2D eigenvalue weighted by molar-refractivity contribution is 5.96. The molecule has 0 saturated heterocycles. The maximum atomic E-state index is 15.5. The van der Waals surface area contributed by atoms with Crippen LogP contribution >= 0.6 is 0 Å². The van der Waals surface area contributed by atoms with Crippen LogP contribution in [0.15, 0.2) is 34.7 Å². The number of nitrogens with zero attached hydrogens (tertiary/aromatic N) is 6. The van der Waals surface area contributed by atoms with Crippen LogP contribution in [0.1, 0.15) is 11.1 Å². The predicted octanol–water partition coefficient (Wildman–Crippen LogP) is 6.34. The van der Waals surface area contributed by atoms with Gasteiger partial charge in [0.05, 0.1) is 28.8 Å². The molecule has 0 unspecified atom stereocenters. The molecule has 0 saturated carbocycles. The molecule has 0 aliphatic heterocycles. The summed E-state index contributed by atoms with van der Waals surface area (Å²) in [7, 11) is 0. The smallest absolute Gasteiger partial charge is 0.238 e. The zero-order valence-corrected chi connectivity index (χ0v) is 22.3. The van der Waals surface area contributed by atoms with Gasteiger partial charge < -0.3 is 0 Å². The zero-order valence-electron chi connectivity index (χ0n) is 22.3. The molecule has 0 atom stereocenters. The van der Waals surface area contributed by atoms with Gasteiger partial charge in [-0.2, -0.15) is 25.5 Å². The van der Waals surface area contributed by atoms with Gasteiger partial charge in [-0.1, -0.05) is 0 Å². The molecular formula is C32H6F8N6. The number of halogens is 8. The quantitative estimate of drug-likeness (QED) is 0.144. The van der Waals surface area contributed by atoms with Crippen LogP contribution in [0.25, 0.3) is 48.1 Å². The molecule has 46 heavy (non-hydrogen) atoms. The van der Waals surface area contributed by atoms with Crippen LogP contribution in [-0.2, 0) is 12.8 Å². The molecule has 0 aromatic heterocycles. The molecule has 0 radical (unpaired) electrons. The van der Waals surface area contributed by atoms with E-state index in [2.05, 4.69) is 14.5 Å². The summed E-state index contributed by atoms with van der Waals surface area (Å²) in [5, 5.41) is 27.9. The van der Waals surface area contributed by atoms with E-state index in [0.717, 1.165) is 0 Å². The topological polar surface area (TPSA) is 84.5 Å². The number of hydrogen-bond acceptors (Lipinski definition) is 3. The lowest BCUT2D eigenvalue weighted by Crippen LogP contribution is -2.26. The molecule has 0 fully saturated rings. The van der Waals surface area contributed by atoms with Gasteiger partial charge in [0.1, 0.15) is 36.9 Å². The summed E-state index contributed by atoms with van der Waals surface area (Å²) in [6.45, 7) is 22.6. The molecule has 0 N–H and O–H groups in total. The highest BCUT2D eigenvalue weighted by atomic mass is 19.2. The van der Waals surface area contributed by atoms with Crippen LogP contribution in [0.3, 0.4) is 0 Å². The minimum absolute atomic E-state index is 0.133. The van der Waals surface area contributed by atoms with Crippen molar-refractivity contribution in [2.75, 3.05) is 0 Å². The molecule has 3 aromatic carbocycles. The van der Waals surface area contributed by atoms with Gasteiger partial charge in [-0.25, -0.2) is 40.0 Å². The van der Waals surface area contributed by atoms with Crippen LogP contribution in [0, 0.1) is 100 Å². The molecule has 5 rings (SSSR count). The number of rotatable bonds is 2. The van der Waals surface area contributed by atoms with Crippen molar-refractivity contribution in [3.63, 3.8) is 0 Å². The second kappa shape index (κ2) is 11.1. The van der Waals surface area contributed by atoms with Gasteiger partial charge >= 0.3 is 5.82 Å². The third-order valence-corrected chi connectivity index (χ3v) is 7.44. The van der Waals surface area contributed by atoms with Gasteiger partial charge in [0.25, 0.3) is 0 Å². The maximum absolute atomic E-state index is 15.5. The molecule has 3 aromatic rings. The number of hydrogen-bond donors (Lipinski definition) is 0. The number of nitriles is 3. The van der Waals surface area contributed by atoms with Crippen LogP contribution in [0.4, 0.5) is 35.1 Å². The minimum atomic E-state index is -2.03. The van der Waals surface area contributed by atoms with Gasteiger partial charge in [0, 0.05) is 29.3 Å². The minimum Gasteiger partial charge on any atom is -0.238 e. The first-order chi connectivity index (χ1) is 21.9. The number of fused-ring (bicyclic) bond motifs is 2. The van der Waals surface area contributed by atoms with Crippen LogP contribution in [0.5, 0.6) is 0 Å². The second-order valence-corrected chi connectivity index (χ2v) is 9.55. The summed E-state index contributed by atoms with van der Waals surface area (Å²) in [5.74, 6) is -16.7. The fourth-order valence-electron chi connectivity index (χ4n) is 5.67. The zero-order chi connectivity index (χ0) is 33.8. The number of allylic oxidation sites excluding steroid dienone is 2. The van der Waals surface area contributed by atoms with E-state index in [4.69, 9.17) is 19.7 Å². The van der Waals surface area contributed by atoms with Crippen molar-refractivity contribution in [2.24, 2.45) is 0 Å². The molecule has 220 valence electrons. The summed E-state index contributed by atoms with van der Waals surface area (Å²) in [6, 6.07) is 4.33. The Morgan fingerprint density at radius 3 is 1.41 bits per heavy atom. The average molecular weight is 626 g/mol. The average Bonchev–Trinajstić information content (AvgIpc) is 3.60. The van der Waals surface area contributed by atoms with Crippen molar-refractivity contribution in [1.29, 1.82) is 15.8 Å². The highest BCUT2D eigenvalue weighted by Crippen LogP contribution is 2.42. The maximum Gasteiger partial charge on any atom is 0.512 e. The molecule has 2 aliphatic rings. The van der Waals surface area contributed by atoms with E-state index in [-0.39, 0.29) is 12.1 Å². The molecule has 0 bridgehead atoms. The van der Waals surface area contributed by atoms with E-state index in [0.29, 0.717) is 0 Å². The summed E-state index contributed by atoms with van der Waals surface area (Å²) in [4.78, 5) is 9.26. The SMILES string of the molecule is [C-]#[N+]C([N+]#[C-])=C1Cc2c(-c3c(F)c(F)cc(F)c3F)c3c(c(-c4c(F)c(F)cc(F)c4F)c2=C1[N+]#[C-])CC(=C(C#N)C#N)C=3C#N. The summed E-state index contributed by atoms with van der Waals surface area (Å²) in [5.41, 5.74) is -9.13. The van der Waals surface area contributed by atoms with Crippen molar-refractivity contribution < 1.29 is 35.1 Å². The van der Waals surface area contributed by atoms with Crippen molar-refractivity contribution >= 4 is 11.3 Å². The Morgan fingerprint density at radius 2 is 1.02 bits per heavy atom. The Morgan fingerprint density at radius 1 is 0.609 bits per heavy atom. The van der Waals surface area contributed by atoms with Gasteiger partial charge in [-0.15, -0.1) is 0 Å². The first kappa shape index (κ1) is 30.7. The predicted molar refractivity (Wildman–Crippen MR) is 141 cm³/mol. The van der Waals surface area contributed by atoms with Crippen LogP contribution in [0.2, 0.25) is 0 Å². The Balaban J connectivity index is 2.29. The normalized spacial score (nSPS) is 12.7. The molecule has 6 nitrogen and oxygen atoms in total. The summed E-state index contributed by atoms with van der Waals surface area (Å²) < 4.78 is 121. The van der Waals surface area contributed by atoms with Gasteiger partial charge in [-0.05, 0) is 33.9 Å². The third kappa shape index (κ3) is 4.10. The molecule has 2 aliphatic carbocycles. The fourth-order valence-corrected chi connectivity index (χ4v) is 5.67. The molecule has 0 heterocycles. The van der Waals surface area contributed by atoms with Crippen LogP contribution in [-0.4, -0.2) is 0 Å². The Labute approximate surface area is 252 Å². The van der Waals surface area contributed by atoms with E-state index < -0.39 is 137 Å². The van der Waals surface area contributed by atoms with Crippen LogP contribution < -0.4 is 10.4 Å². The second-order valence-electron chi connectivity index (χ2n) is 9.55. The Bertz CT molecular complexity index is 2210. The van der Waals surface area contributed by atoms with Crippen molar-refractivity contribution in [1.82, 2.24) is 0 Å².